The zero-order chi connectivity index (χ0) is 17.1. The van der Waals surface area contributed by atoms with Crippen molar-refractivity contribution in [3.63, 3.8) is 0 Å². The third-order valence-electron chi connectivity index (χ3n) is 4.17. The Morgan fingerprint density at radius 2 is 2.00 bits per heavy atom. The molecule has 1 aliphatic rings. The van der Waals surface area contributed by atoms with Gasteiger partial charge in [0.15, 0.2) is 5.76 Å². The maximum Gasteiger partial charge on any atom is 0.291 e. The predicted molar refractivity (Wildman–Crippen MR) is 99.5 cm³/mol. The van der Waals surface area contributed by atoms with Gasteiger partial charge < -0.3 is 20.4 Å². The smallest absolute Gasteiger partial charge is 0.291 e. The number of amides is 2. The van der Waals surface area contributed by atoms with Crippen LogP contribution in [0.25, 0.3) is 0 Å². The Morgan fingerprint density at radius 1 is 1.24 bits per heavy atom. The summed E-state index contributed by atoms with van der Waals surface area (Å²) in [5.41, 5.74) is 0.930. The van der Waals surface area contributed by atoms with Gasteiger partial charge in [-0.25, -0.2) is 0 Å². The van der Waals surface area contributed by atoms with Crippen LogP contribution in [0.4, 0.5) is 11.4 Å². The van der Waals surface area contributed by atoms with E-state index in [2.05, 4.69) is 16.0 Å². The maximum absolute atomic E-state index is 12.4. The van der Waals surface area contributed by atoms with E-state index in [0.717, 1.165) is 13.1 Å². The molecule has 8 heteroatoms. The van der Waals surface area contributed by atoms with Crippen LogP contribution in [0.3, 0.4) is 0 Å². The SMILES string of the molecule is CC(C(=O)Nc1ccc(Cl)cc1NC(=O)c1ccco1)C1CNC1.Cl. The molecule has 1 aliphatic heterocycles. The third kappa shape index (κ3) is 4.54. The van der Waals surface area contributed by atoms with Crippen molar-refractivity contribution in [2.75, 3.05) is 23.7 Å². The fraction of sp³-hybridized carbons (Fsp3) is 0.294. The Morgan fingerprint density at radius 3 is 2.60 bits per heavy atom. The summed E-state index contributed by atoms with van der Waals surface area (Å²) in [4.78, 5) is 24.5. The highest BCUT2D eigenvalue weighted by Gasteiger charge is 2.29. The molecular weight excluding hydrogens is 365 g/mol. The number of carbonyl (C=O) groups is 2. The van der Waals surface area contributed by atoms with Gasteiger partial charge in [-0.1, -0.05) is 18.5 Å². The van der Waals surface area contributed by atoms with Crippen molar-refractivity contribution in [3.05, 3.63) is 47.4 Å². The number of nitrogens with one attached hydrogen (secondary N) is 3. The van der Waals surface area contributed by atoms with Crippen LogP contribution >= 0.6 is 24.0 Å². The molecule has 1 fully saturated rings. The van der Waals surface area contributed by atoms with Crippen molar-refractivity contribution < 1.29 is 14.0 Å². The van der Waals surface area contributed by atoms with Crippen LogP contribution in [-0.4, -0.2) is 24.9 Å². The van der Waals surface area contributed by atoms with Gasteiger partial charge in [-0.05, 0) is 49.3 Å². The van der Waals surface area contributed by atoms with Crippen molar-refractivity contribution >= 4 is 47.2 Å². The lowest BCUT2D eigenvalue weighted by molar-refractivity contribution is -0.121. The van der Waals surface area contributed by atoms with Crippen LogP contribution in [0.5, 0.6) is 0 Å². The van der Waals surface area contributed by atoms with Crippen molar-refractivity contribution in [2.24, 2.45) is 11.8 Å². The number of benzene rings is 1. The number of hydrogen-bond acceptors (Lipinski definition) is 4. The second kappa shape index (κ2) is 8.38. The van der Waals surface area contributed by atoms with Gasteiger partial charge in [0, 0.05) is 10.9 Å². The minimum Gasteiger partial charge on any atom is -0.459 e. The number of anilines is 2. The number of carbonyl (C=O) groups excluding carboxylic acids is 2. The topological polar surface area (TPSA) is 83.4 Å². The monoisotopic (exact) mass is 383 g/mol. The summed E-state index contributed by atoms with van der Waals surface area (Å²) in [6, 6.07) is 8.11. The van der Waals surface area contributed by atoms with Crippen LogP contribution in [-0.2, 0) is 4.79 Å². The number of hydrogen-bond donors (Lipinski definition) is 3. The summed E-state index contributed by atoms with van der Waals surface area (Å²) in [5.74, 6) is -0.0958. The fourth-order valence-electron chi connectivity index (χ4n) is 2.45. The van der Waals surface area contributed by atoms with Crippen molar-refractivity contribution in [3.8, 4) is 0 Å². The van der Waals surface area contributed by atoms with Gasteiger partial charge in [0.1, 0.15) is 0 Å². The second-order valence-corrected chi connectivity index (χ2v) is 6.25. The van der Waals surface area contributed by atoms with Crippen LogP contribution < -0.4 is 16.0 Å². The summed E-state index contributed by atoms with van der Waals surface area (Å²) in [7, 11) is 0. The molecule has 1 aromatic carbocycles. The molecule has 1 unspecified atom stereocenters. The van der Waals surface area contributed by atoms with Crippen LogP contribution in [0.1, 0.15) is 17.5 Å². The first-order valence-electron chi connectivity index (χ1n) is 7.70. The Bertz CT molecular complexity index is 746. The van der Waals surface area contributed by atoms with Gasteiger partial charge in [0.25, 0.3) is 5.91 Å². The molecule has 3 N–H and O–H groups in total. The Kier molecular flexibility index (Phi) is 6.47. The third-order valence-corrected chi connectivity index (χ3v) is 4.40. The standard InChI is InChI=1S/C17H18ClN3O3.ClH/c1-10(11-8-19-9-11)16(22)20-13-5-4-12(18)7-14(13)21-17(23)15-3-2-6-24-15;/h2-7,10-11,19H,8-9H2,1H3,(H,20,22)(H,21,23);1H. The van der Waals surface area contributed by atoms with Gasteiger partial charge >= 0.3 is 0 Å². The molecule has 1 saturated heterocycles. The molecule has 2 heterocycles. The molecule has 0 saturated carbocycles. The quantitative estimate of drug-likeness (QED) is 0.738. The van der Waals surface area contributed by atoms with E-state index in [-0.39, 0.29) is 30.0 Å². The highest BCUT2D eigenvalue weighted by molar-refractivity contribution is 6.31. The molecule has 1 atom stereocenters. The van der Waals surface area contributed by atoms with Gasteiger partial charge in [-0.3, -0.25) is 9.59 Å². The molecule has 0 spiro atoms. The van der Waals surface area contributed by atoms with E-state index >= 15 is 0 Å². The number of furan rings is 1. The molecular formula is C17H19Cl2N3O3. The molecule has 25 heavy (non-hydrogen) atoms. The van der Waals surface area contributed by atoms with Crippen LogP contribution in [0.15, 0.2) is 41.0 Å². The van der Waals surface area contributed by atoms with E-state index in [1.807, 2.05) is 6.92 Å². The molecule has 0 bridgehead atoms. The van der Waals surface area contributed by atoms with Gasteiger partial charge in [0.05, 0.1) is 17.6 Å². The minimum atomic E-state index is -0.408. The zero-order valence-corrected chi connectivity index (χ0v) is 15.1. The van der Waals surface area contributed by atoms with Crippen molar-refractivity contribution in [1.29, 1.82) is 0 Å². The highest BCUT2D eigenvalue weighted by atomic mass is 35.5. The number of halogens is 2. The fourth-order valence-corrected chi connectivity index (χ4v) is 2.62. The summed E-state index contributed by atoms with van der Waals surface area (Å²) in [5, 5.41) is 9.19. The second-order valence-electron chi connectivity index (χ2n) is 5.82. The zero-order valence-electron chi connectivity index (χ0n) is 13.5. The first kappa shape index (κ1) is 19.3. The van der Waals surface area contributed by atoms with E-state index in [1.54, 1.807) is 30.3 Å². The summed E-state index contributed by atoms with van der Waals surface area (Å²) in [6.45, 7) is 3.59. The Hall–Kier alpha value is -2.02. The number of rotatable bonds is 5. The minimum absolute atomic E-state index is 0. The highest BCUT2D eigenvalue weighted by Crippen LogP contribution is 2.28. The normalized spacial score (nSPS) is 14.8. The summed E-state index contributed by atoms with van der Waals surface area (Å²) < 4.78 is 5.07. The first-order valence-corrected chi connectivity index (χ1v) is 8.08. The van der Waals surface area contributed by atoms with Crippen molar-refractivity contribution in [1.82, 2.24) is 5.32 Å². The summed E-state index contributed by atoms with van der Waals surface area (Å²) >= 11 is 6.01. The van der Waals surface area contributed by atoms with Crippen LogP contribution in [0.2, 0.25) is 5.02 Å². The lowest BCUT2D eigenvalue weighted by Gasteiger charge is -2.31. The predicted octanol–water partition coefficient (Wildman–Crippen LogP) is 3.40. The van der Waals surface area contributed by atoms with E-state index < -0.39 is 5.91 Å². The van der Waals surface area contributed by atoms with E-state index in [1.165, 1.54) is 6.26 Å². The van der Waals surface area contributed by atoms with E-state index in [0.29, 0.717) is 22.3 Å². The van der Waals surface area contributed by atoms with Crippen LogP contribution in [0, 0.1) is 11.8 Å². The lowest BCUT2D eigenvalue weighted by atomic mass is 9.88. The Labute approximate surface area is 156 Å². The van der Waals surface area contributed by atoms with Gasteiger partial charge in [0.2, 0.25) is 5.91 Å². The first-order chi connectivity index (χ1) is 11.5. The molecule has 1 aromatic heterocycles. The summed E-state index contributed by atoms with van der Waals surface area (Å²) in [6.07, 6.45) is 1.42. The maximum atomic E-state index is 12.4. The molecule has 0 radical (unpaired) electrons. The van der Waals surface area contributed by atoms with E-state index in [9.17, 15) is 9.59 Å². The van der Waals surface area contributed by atoms with Gasteiger partial charge in [-0.2, -0.15) is 0 Å². The van der Waals surface area contributed by atoms with Crippen molar-refractivity contribution in [2.45, 2.75) is 6.92 Å². The molecule has 134 valence electrons. The molecule has 3 rings (SSSR count). The molecule has 6 nitrogen and oxygen atoms in total. The van der Waals surface area contributed by atoms with Gasteiger partial charge in [-0.15, -0.1) is 12.4 Å². The Balaban J connectivity index is 0.00000225. The van der Waals surface area contributed by atoms with E-state index in [4.69, 9.17) is 16.0 Å². The molecule has 2 amide bonds. The average Bonchev–Trinajstić information content (AvgIpc) is 3.02. The molecule has 2 aromatic rings. The molecule has 0 aliphatic carbocycles. The average molecular weight is 384 g/mol. The lowest BCUT2D eigenvalue weighted by Crippen LogP contribution is -2.48. The largest absolute Gasteiger partial charge is 0.459 e.